The summed E-state index contributed by atoms with van der Waals surface area (Å²) in [6.45, 7) is 11.9. The van der Waals surface area contributed by atoms with Crippen LogP contribution in [0.1, 0.15) is 117 Å². The summed E-state index contributed by atoms with van der Waals surface area (Å²) in [4.78, 5) is 11.2. The minimum absolute atomic E-state index is 0.339. The first-order valence-electron chi connectivity index (χ1n) is 16.2. The number of hydrogen-bond acceptors (Lipinski definition) is 4. The molecule has 5 N–H and O–H groups in total. The van der Waals surface area contributed by atoms with Gasteiger partial charge in [-0.2, -0.15) is 0 Å². The molecule has 37 heavy (non-hydrogen) atoms. The van der Waals surface area contributed by atoms with Gasteiger partial charge in [0.05, 0.1) is 0 Å². The molecule has 0 aromatic heterocycles. The van der Waals surface area contributed by atoms with E-state index in [4.69, 9.17) is 5.73 Å². The summed E-state index contributed by atoms with van der Waals surface area (Å²) in [5.41, 5.74) is 6.56. The number of hydrogen-bond donors (Lipinski definition) is 4. The van der Waals surface area contributed by atoms with Gasteiger partial charge in [0.15, 0.2) is 0 Å². The van der Waals surface area contributed by atoms with Crippen LogP contribution >= 0.6 is 0 Å². The largest absolute Gasteiger partial charge is 0.481 e. The maximum atomic E-state index is 11.2. The second-order valence-corrected chi connectivity index (χ2v) is 14.2. The Kier molecular flexibility index (Phi) is 10.4. The molecule has 0 aliphatic heterocycles. The smallest absolute Gasteiger partial charge is 0.303 e. The van der Waals surface area contributed by atoms with Crippen LogP contribution in [-0.4, -0.2) is 43.3 Å². The minimum Gasteiger partial charge on any atom is -0.481 e. The van der Waals surface area contributed by atoms with Gasteiger partial charge in [-0.15, -0.1) is 0 Å². The molecule has 4 saturated carbocycles. The monoisotopic (exact) mass is 517 g/mol. The Morgan fingerprint density at radius 3 is 2.38 bits per heavy atom. The molecule has 0 amide bonds. The molecule has 4 aliphatic rings. The van der Waals surface area contributed by atoms with Crippen molar-refractivity contribution in [2.75, 3.05) is 26.2 Å². The molecule has 0 aromatic rings. The fourth-order valence-electron chi connectivity index (χ4n) is 10.2. The van der Waals surface area contributed by atoms with E-state index in [1.54, 1.807) is 0 Å². The number of aliphatic carboxylic acids is 1. The highest BCUT2D eigenvalue weighted by atomic mass is 16.4. The zero-order chi connectivity index (χ0) is 26.5. The SMILES string of the molecule is CC(CCC(=O)O)C1CCC2C3CCC4CC(NCCCCNCCCCN)CCC4(C)C3CCC12C. The number of carbonyl (C=O) groups is 1. The summed E-state index contributed by atoms with van der Waals surface area (Å²) in [5, 5.41) is 16.7. The lowest BCUT2D eigenvalue weighted by molar-refractivity contribution is -0.137. The van der Waals surface area contributed by atoms with Crippen molar-refractivity contribution in [3.63, 3.8) is 0 Å². The van der Waals surface area contributed by atoms with Crippen LogP contribution in [0.2, 0.25) is 0 Å². The van der Waals surface area contributed by atoms with Crippen molar-refractivity contribution in [2.24, 2.45) is 52.1 Å². The average Bonchev–Trinajstić information content (AvgIpc) is 3.23. The highest BCUT2D eigenvalue weighted by Gasteiger charge is 2.60. The maximum absolute atomic E-state index is 11.2. The van der Waals surface area contributed by atoms with Crippen molar-refractivity contribution in [3.05, 3.63) is 0 Å². The van der Waals surface area contributed by atoms with Gasteiger partial charge in [0.25, 0.3) is 0 Å². The molecule has 0 aromatic carbocycles. The summed E-state index contributed by atoms with van der Waals surface area (Å²) >= 11 is 0. The van der Waals surface area contributed by atoms with Gasteiger partial charge >= 0.3 is 5.97 Å². The summed E-state index contributed by atoms with van der Waals surface area (Å²) < 4.78 is 0. The van der Waals surface area contributed by atoms with E-state index in [0.717, 1.165) is 68.1 Å². The summed E-state index contributed by atoms with van der Waals surface area (Å²) in [7, 11) is 0. The first-order chi connectivity index (χ1) is 17.8. The lowest BCUT2D eigenvalue weighted by Gasteiger charge is -2.61. The molecule has 4 rings (SSSR count). The van der Waals surface area contributed by atoms with Gasteiger partial charge in [-0.1, -0.05) is 20.8 Å². The van der Waals surface area contributed by atoms with Crippen molar-refractivity contribution in [3.8, 4) is 0 Å². The van der Waals surface area contributed by atoms with Crippen LogP contribution in [0.3, 0.4) is 0 Å². The Hall–Kier alpha value is -0.650. The quantitative estimate of drug-likeness (QED) is 0.206. The lowest BCUT2D eigenvalue weighted by atomic mass is 9.44. The van der Waals surface area contributed by atoms with Crippen LogP contribution in [0.4, 0.5) is 0 Å². The Morgan fingerprint density at radius 1 is 0.919 bits per heavy atom. The van der Waals surface area contributed by atoms with Crippen molar-refractivity contribution < 1.29 is 9.90 Å². The van der Waals surface area contributed by atoms with E-state index in [1.807, 2.05) is 0 Å². The van der Waals surface area contributed by atoms with E-state index in [0.29, 0.717) is 23.2 Å². The van der Waals surface area contributed by atoms with E-state index in [2.05, 4.69) is 31.4 Å². The number of unbranched alkanes of at least 4 members (excludes halogenated alkanes) is 2. The van der Waals surface area contributed by atoms with Crippen molar-refractivity contribution in [1.29, 1.82) is 0 Å². The molecule has 9 unspecified atom stereocenters. The van der Waals surface area contributed by atoms with E-state index in [-0.39, 0.29) is 0 Å². The van der Waals surface area contributed by atoms with Gasteiger partial charge in [-0.25, -0.2) is 0 Å². The molecular formula is C32H59N3O2. The fraction of sp³-hybridized carbons (Fsp3) is 0.969. The number of carboxylic acids is 1. The topological polar surface area (TPSA) is 87.4 Å². The molecule has 4 aliphatic carbocycles. The Balaban J connectivity index is 1.24. The fourth-order valence-corrected chi connectivity index (χ4v) is 10.2. The molecule has 5 heteroatoms. The Bertz CT molecular complexity index is 731. The van der Waals surface area contributed by atoms with Gasteiger partial charge in [0.2, 0.25) is 0 Å². The summed E-state index contributed by atoms with van der Waals surface area (Å²) in [5.74, 6) is 4.26. The molecule has 0 radical (unpaired) electrons. The molecule has 0 spiro atoms. The van der Waals surface area contributed by atoms with E-state index in [9.17, 15) is 9.90 Å². The first-order valence-corrected chi connectivity index (χ1v) is 16.2. The van der Waals surface area contributed by atoms with Crippen LogP contribution < -0.4 is 16.4 Å². The third-order valence-corrected chi connectivity index (χ3v) is 12.3. The van der Waals surface area contributed by atoms with Crippen LogP contribution in [0.15, 0.2) is 0 Å². The second kappa shape index (κ2) is 13.1. The molecular weight excluding hydrogens is 458 g/mol. The van der Waals surface area contributed by atoms with Gasteiger partial charge in [-0.05, 0) is 162 Å². The molecule has 4 fully saturated rings. The standard InChI is InChI=1S/C32H59N3O2/c1-23(8-13-30(36)37)27-11-12-28-26-10-9-24-22-25(35-21-7-6-20-34-19-5-4-18-33)14-16-31(24,2)29(26)15-17-32(27,28)3/h23-29,34-35H,4-22,33H2,1-3H3,(H,36,37). The van der Waals surface area contributed by atoms with Crippen LogP contribution in [0.5, 0.6) is 0 Å². The number of carboxylic acid groups (broad SMARTS) is 1. The van der Waals surface area contributed by atoms with Crippen LogP contribution in [0.25, 0.3) is 0 Å². The highest BCUT2D eigenvalue weighted by Crippen LogP contribution is 2.68. The molecule has 5 nitrogen and oxygen atoms in total. The van der Waals surface area contributed by atoms with Gasteiger partial charge < -0.3 is 21.5 Å². The Morgan fingerprint density at radius 2 is 1.62 bits per heavy atom. The van der Waals surface area contributed by atoms with E-state index in [1.165, 1.54) is 83.6 Å². The maximum Gasteiger partial charge on any atom is 0.303 e. The zero-order valence-corrected chi connectivity index (χ0v) is 24.4. The van der Waals surface area contributed by atoms with Gasteiger partial charge in [0.1, 0.15) is 0 Å². The minimum atomic E-state index is -0.627. The third kappa shape index (κ3) is 6.57. The predicted molar refractivity (Wildman–Crippen MR) is 153 cm³/mol. The van der Waals surface area contributed by atoms with Gasteiger partial charge in [0, 0.05) is 12.5 Å². The van der Waals surface area contributed by atoms with Crippen LogP contribution in [-0.2, 0) is 4.79 Å². The molecule has 9 atom stereocenters. The van der Waals surface area contributed by atoms with E-state index >= 15 is 0 Å². The molecule has 214 valence electrons. The molecule has 0 saturated heterocycles. The second-order valence-electron chi connectivity index (χ2n) is 14.2. The predicted octanol–water partition coefficient (Wildman–Crippen LogP) is 6.21. The number of nitrogens with two attached hydrogens (primary N) is 1. The van der Waals surface area contributed by atoms with Crippen LogP contribution in [0, 0.1) is 46.3 Å². The first kappa shape index (κ1) is 29.3. The molecule has 0 bridgehead atoms. The zero-order valence-electron chi connectivity index (χ0n) is 24.4. The number of nitrogens with one attached hydrogen (secondary N) is 2. The average molecular weight is 518 g/mol. The van der Waals surface area contributed by atoms with Crippen molar-refractivity contribution in [1.82, 2.24) is 10.6 Å². The number of rotatable bonds is 14. The molecule has 0 heterocycles. The summed E-state index contributed by atoms with van der Waals surface area (Å²) in [6, 6.07) is 0.729. The summed E-state index contributed by atoms with van der Waals surface area (Å²) in [6.07, 6.45) is 18.7. The van der Waals surface area contributed by atoms with E-state index < -0.39 is 5.97 Å². The van der Waals surface area contributed by atoms with Crippen molar-refractivity contribution >= 4 is 5.97 Å². The number of fused-ring (bicyclic) bond motifs is 5. The Labute approximate surface area is 227 Å². The highest BCUT2D eigenvalue weighted by molar-refractivity contribution is 5.66. The third-order valence-electron chi connectivity index (χ3n) is 12.3. The van der Waals surface area contributed by atoms with Crippen molar-refractivity contribution in [2.45, 2.75) is 123 Å². The van der Waals surface area contributed by atoms with Gasteiger partial charge in [-0.3, -0.25) is 4.79 Å². The normalized spacial score (nSPS) is 40.0. The lowest BCUT2D eigenvalue weighted by Crippen LogP contribution is -2.55.